The number of thiophene rings is 1. The van der Waals surface area contributed by atoms with Crippen LogP contribution >= 0.6 is 45.5 Å². The Hall–Kier alpha value is -0.390. The summed E-state index contributed by atoms with van der Waals surface area (Å²) in [5.41, 5.74) is 1.70. The van der Waals surface area contributed by atoms with Crippen LogP contribution in [0.3, 0.4) is 0 Å². The van der Waals surface area contributed by atoms with Crippen LogP contribution < -0.4 is 0 Å². The first-order valence-corrected chi connectivity index (χ1v) is 6.97. The number of benzene rings is 1. The van der Waals surface area contributed by atoms with Gasteiger partial charge >= 0.3 is 0 Å². The van der Waals surface area contributed by atoms with Crippen molar-refractivity contribution in [2.45, 2.75) is 6.92 Å². The maximum atomic E-state index is 12.2. The van der Waals surface area contributed by atoms with E-state index in [-0.39, 0.29) is 5.78 Å². The van der Waals surface area contributed by atoms with Crippen molar-refractivity contribution >= 4 is 51.3 Å². The van der Waals surface area contributed by atoms with Crippen LogP contribution in [-0.2, 0) is 0 Å². The maximum Gasteiger partial charge on any atom is 0.204 e. The zero-order valence-corrected chi connectivity index (χ0v) is 12.2. The minimum absolute atomic E-state index is 0.0550. The first kappa shape index (κ1) is 12.1. The summed E-state index contributed by atoms with van der Waals surface area (Å²) in [4.78, 5) is 13.0. The van der Waals surface area contributed by atoms with Gasteiger partial charge in [-0.2, -0.15) is 0 Å². The van der Waals surface area contributed by atoms with Gasteiger partial charge in [-0.25, -0.2) is 0 Å². The number of aryl methyl sites for hydroxylation is 1. The Kier molecular flexibility index (Phi) is 3.66. The molecule has 0 atom stereocenters. The maximum absolute atomic E-state index is 12.2. The molecule has 1 aromatic carbocycles. The van der Waals surface area contributed by atoms with Crippen molar-refractivity contribution in [3.8, 4) is 0 Å². The summed E-state index contributed by atoms with van der Waals surface area (Å²) in [6, 6.07) is 7.33. The van der Waals surface area contributed by atoms with Gasteiger partial charge < -0.3 is 0 Å². The Labute approximate surface area is 117 Å². The van der Waals surface area contributed by atoms with Crippen molar-refractivity contribution in [1.82, 2.24) is 0 Å². The molecule has 0 bridgehead atoms. The standard InChI is InChI=1S/C12H8ClIOS/c1-7-4-5-16-12(7)11(15)9-6-8(13)2-3-10(9)14/h2-6H,1H3. The lowest BCUT2D eigenvalue weighted by molar-refractivity contribution is 0.104. The molecule has 2 rings (SSSR count). The highest BCUT2D eigenvalue weighted by atomic mass is 127. The largest absolute Gasteiger partial charge is 0.288 e. The topological polar surface area (TPSA) is 17.1 Å². The summed E-state index contributed by atoms with van der Waals surface area (Å²) < 4.78 is 0.930. The van der Waals surface area contributed by atoms with Gasteiger partial charge in [-0.1, -0.05) is 11.6 Å². The molecule has 82 valence electrons. The summed E-state index contributed by atoms with van der Waals surface area (Å²) in [6.45, 7) is 1.95. The molecule has 1 aromatic heterocycles. The Bertz CT molecular complexity index is 548. The summed E-state index contributed by atoms with van der Waals surface area (Å²) >= 11 is 9.54. The van der Waals surface area contributed by atoms with E-state index < -0.39 is 0 Å². The fourth-order valence-corrected chi connectivity index (χ4v) is 3.03. The summed E-state index contributed by atoms with van der Waals surface area (Å²) in [5, 5.41) is 2.53. The van der Waals surface area contributed by atoms with Gasteiger partial charge in [0.05, 0.1) is 4.88 Å². The third kappa shape index (κ3) is 2.31. The van der Waals surface area contributed by atoms with E-state index in [1.165, 1.54) is 11.3 Å². The quantitative estimate of drug-likeness (QED) is 0.566. The molecule has 0 saturated heterocycles. The molecule has 0 aliphatic rings. The monoisotopic (exact) mass is 362 g/mol. The van der Waals surface area contributed by atoms with Crippen molar-refractivity contribution in [3.05, 3.63) is 54.2 Å². The van der Waals surface area contributed by atoms with Crippen LogP contribution in [0.25, 0.3) is 0 Å². The van der Waals surface area contributed by atoms with Crippen LogP contribution in [0.5, 0.6) is 0 Å². The lowest BCUT2D eigenvalue weighted by Crippen LogP contribution is -2.02. The van der Waals surface area contributed by atoms with Gasteiger partial charge in [-0.05, 0) is 64.7 Å². The number of carbonyl (C=O) groups excluding carboxylic acids is 1. The van der Waals surface area contributed by atoms with E-state index in [4.69, 9.17) is 11.6 Å². The molecule has 0 saturated carbocycles. The Balaban J connectivity index is 2.49. The zero-order valence-electron chi connectivity index (χ0n) is 8.46. The van der Waals surface area contributed by atoms with Crippen LogP contribution in [0.2, 0.25) is 5.02 Å². The molecule has 0 radical (unpaired) electrons. The number of carbonyl (C=O) groups is 1. The molecule has 0 amide bonds. The summed E-state index contributed by atoms with van der Waals surface area (Å²) in [5.74, 6) is 0.0550. The average molecular weight is 363 g/mol. The van der Waals surface area contributed by atoms with Crippen LogP contribution in [-0.4, -0.2) is 5.78 Å². The van der Waals surface area contributed by atoms with E-state index in [2.05, 4.69) is 22.6 Å². The molecule has 16 heavy (non-hydrogen) atoms. The number of halogens is 2. The lowest BCUT2D eigenvalue weighted by atomic mass is 10.1. The second-order valence-corrected chi connectivity index (χ2v) is 5.90. The molecule has 1 nitrogen and oxygen atoms in total. The van der Waals surface area contributed by atoms with Gasteiger partial charge in [0.1, 0.15) is 0 Å². The summed E-state index contributed by atoms with van der Waals surface area (Å²) in [7, 11) is 0. The smallest absolute Gasteiger partial charge is 0.204 e. The highest BCUT2D eigenvalue weighted by molar-refractivity contribution is 14.1. The molecule has 0 aliphatic carbocycles. The van der Waals surface area contributed by atoms with Crippen LogP contribution in [0, 0.1) is 10.5 Å². The molecular formula is C12H8ClIOS. The molecule has 0 unspecified atom stereocenters. The molecule has 0 N–H and O–H groups in total. The van der Waals surface area contributed by atoms with E-state index in [0.29, 0.717) is 10.6 Å². The molecule has 0 fully saturated rings. The fourth-order valence-electron chi connectivity index (χ4n) is 1.40. The Morgan fingerprint density at radius 3 is 2.75 bits per heavy atom. The fraction of sp³-hybridized carbons (Fsp3) is 0.0833. The summed E-state index contributed by atoms with van der Waals surface area (Å²) in [6.07, 6.45) is 0. The molecular weight excluding hydrogens is 355 g/mol. The first-order valence-electron chi connectivity index (χ1n) is 4.63. The SMILES string of the molecule is Cc1ccsc1C(=O)c1cc(Cl)ccc1I. The van der Waals surface area contributed by atoms with Crippen molar-refractivity contribution in [2.75, 3.05) is 0 Å². The van der Waals surface area contributed by atoms with Crippen molar-refractivity contribution < 1.29 is 4.79 Å². The molecule has 0 spiro atoms. The molecule has 4 heteroatoms. The molecule has 2 aromatic rings. The van der Waals surface area contributed by atoms with Gasteiger partial charge in [-0.15, -0.1) is 11.3 Å². The van der Waals surface area contributed by atoms with E-state index in [9.17, 15) is 4.79 Å². The second kappa shape index (κ2) is 4.85. The first-order chi connectivity index (χ1) is 7.59. The van der Waals surface area contributed by atoms with Gasteiger partial charge in [0.25, 0.3) is 0 Å². The van der Waals surface area contributed by atoms with Crippen molar-refractivity contribution in [3.63, 3.8) is 0 Å². The molecule has 1 heterocycles. The lowest BCUT2D eigenvalue weighted by Gasteiger charge is -2.03. The van der Waals surface area contributed by atoms with Gasteiger partial charge in [0.15, 0.2) is 0 Å². The van der Waals surface area contributed by atoms with Crippen LogP contribution in [0.4, 0.5) is 0 Å². The van der Waals surface area contributed by atoms with E-state index in [1.807, 2.05) is 24.4 Å². The van der Waals surface area contributed by atoms with Gasteiger partial charge in [0, 0.05) is 14.2 Å². The normalized spacial score (nSPS) is 10.4. The van der Waals surface area contributed by atoms with E-state index in [0.717, 1.165) is 14.0 Å². The highest BCUT2D eigenvalue weighted by Crippen LogP contribution is 2.25. The second-order valence-electron chi connectivity index (χ2n) is 3.39. The highest BCUT2D eigenvalue weighted by Gasteiger charge is 2.16. The predicted octanol–water partition coefficient (Wildman–Crippen LogP) is 4.55. The van der Waals surface area contributed by atoms with Crippen molar-refractivity contribution in [2.24, 2.45) is 0 Å². The van der Waals surface area contributed by atoms with Gasteiger partial charge in [0.2, 0.25) is 5.78 Å². The third-order valence-corrected chi connectivity index (χ3v) is 4.43. The third-order valence-electron chi connectivity index (χ3n) is 2.24. The number of hydrogen-bond donors (Lipinski definition) is 0. The zero-order chi connectivity index (χ0) is 11.7. The predicted molar refractivity (Wildman–Crippen MR) is 76.7 cm³/mol. The van der Waals surface area contributed by atoms with Gasteiger partial charge in [-0.3, -0.25) is 4.79 Å². The Morgan fingerprint density at radius 1 is 1.38 bits per heavy atom. The average Bonchev–Trinajstić information content (AvgIpc) is 2.67. The molecule has 0 aliphatic heterocycles. The number of hydrogen-bond acceptors (Lipinski definition) is 2. The van der Waals surface area contributed by atoms with Crippen LogP contribution in [0.15, 0.2) is 29.6 Å². The van der Waals surface area contributed by atoms with E-state index >= 15 is 0 Å². The number of ketones is 1. The van der Waals surface area contributed by atoms with E-state index in [1.54, 1.807) is 12.1 Å². The van der Waals surface area contributed by atoms with Crippen molar-refractivity contribution in [1.29, 1.82) is 0 Å². The Morgan fingerprint density at radius 2 is 2.12 bits per heavy atom. The minimum Gasteiger partial charge on any atom is -0.288 e. The van der Waals surface area contributed by atoms with Crippen LogP contribution in [0.1, 0.15) is 20.8 Å². The number of rotatable bonds is 2. The minimum atomic E-state index is 0.0550.